The summed E-state index contributed by atoms with van der Waals surface area (Å²) in [6.07, 6.45) is 13.0. The zero-order valence-electron chi connectivity index (χ0n) is 34.9. The monoisotopic (exact) mass is 844 g/mol. The molecule has 6 rings (SSSR count). The number of hydrogen-bond donors (Lipinski definition) is 5. The number of likely N-dealkylation sites (tertiary alicyclic amines) is 1. The number of methoxy groups -OCH3 is 2. The molecule has 5 aromatic rings. The van der Waals surface area contributed by atoms with E-state index in [4.69, 9.17) is 9.53 Å². The number of benzene rings is 2. The number of H-pyrrole nitrogens is 1. The number of aromatic nitrogens is 6. The van der Waals surface area contributed by atoms with Gasteiger partial charge in [0.2, 0.25) is 6.41 Å². The summed E-state index contributed by atoms with van der Waals surface area (Å²) >= 11 is 0. The third kappa shape index (κ3) is 12.4. The standard InChI is InChI=1S/C42H48N12O4.C2H4O2/c1-43-21-31(46-20-30(16-10-18-45-27-55)38(44-2)28-12-6-4-7-13-28)32-22-48-33(23-47-32)34-24-50-35(25-49-34)36-26-51-40(52-36)37-17-11-19-54(37)41(56)39(53-42(57)58-3)29-14-8-5-9-15-29;1-4-2-3/h4-9,12-15,21-27,30,37-39,44,46H,1,10-11,16-20H2,2-3H3,(H,45,55)(H,51,52)(H,53,57);2H,1H3/b31-21-;/t30-,37-,38+,39+;/m0./s1. The smallest absolute Gasteiger partial charge is 0.407 e. The number of nitrogens with zero attached hydrogens (tertiary/aromatic N) is 7. The van der Waals surface area contributed by atoms with Gasteiger partial charge in [0.15, 0.2) is 0 Å². The molecule has 324 valence electrons. The third-order valence-electron chi connectivity index (χ3n) is 10.2. The molecule has 3 amide bonds. The first-order valence-electron chi connectivity index (χ1n) is 20.0. The average molecular weight is 845 g/mol. The van der Waals surface area contributed by atoms with E-state index in [-0.39, 0.29) is 23.9 Å². The summed E-state index contributed by atoms with van der Waals surface area (Å²) in [5.41, 5.74) is 5.36. The van der Waals surface area contributed by atoms with Gasteiger partial charge in [-0.2, -0.15) is 0 Å². The quantitative estimate of drug-likeness (QED) is 0.0412. The second-order valence-electron chi connectivity index (χ2n) is 14.0. The van der Waals surface area contributed by atoms with Crippen LogP contribution in [0.4, 0.5) is 4.79 Å². The SMILES string of the molecule is C=N/C=C(\NC[C@H](CCCNC=O)[C@H](NC)c1ccccc1)c1cnc(-c2cnc(-c3cnc([C@@H]4CCCN4C(=O)[C@H](NC(=O)OC)c4ccccc4)[nH]3)cn2)cn1.COC=O. The number of rotatable bonds is 20. The van der Waals surface area contributed by atoms with Crippen LogP contribution in [0.1, 0.15) is 66.5 Å². The summed E-state index contributed by atoms with van der Waals surface area (Å²) in [5.74, 6) is 0.539. The number of hydrogen-bond acceptors (Lipinski definition) is 14. The van der Waals surface area contributed by atoms with Gasteiger partial charge in [-0.3, -0.25) is 39.3 Å². The first kappa shape index (κ1) is 45.7. The van der Waals surface area contributed by atoms with Crippen LogP contribution in [0.15, 0.2) is 103 Å². The summed E-state index contributed by atoms with van der Waals surface area (Å²) in [4.78, 5) is 78.1. The van der Waals surface area contributed by atoms with Crippen molar-refractivity contribution in [1.29, 1.82) is 0 Å². The molecule has 1 aliphatic heterocycles. The summed E-state index contributed by atoms with van der Waals surface area (Å²) in [6, 6.07) is 18.2. The van der Waals surface area contributed by atoms with Gasteiger partial charge in [0.25, 0.3) is 12.4 Å². The Morgan fingerprint density at radius 2 is 1.58 bits per heavy atom. The topological polar surface area (TPSA) is 231 Å². The Labute approximate surface area is 360 Å². The van der Waals surface area contributed by atoms with E-state index in [1.54, 1.807) is 54.2 Å². The molecule has 0 bridgehead atoms. The molecule has 62 heavy (non-hydrogen) atoms. The van der Waals surface area contributed by atoms with Crippen molar-refractivity contribution >= 4 is 37.3 Å². The second-order valence-corrected chi connectivity index (χ2v) is 14.0. The van der Waals surface area contributed by atoms with E-state index in [1.807, 2.05) is 43.4 Å². The van der Waals surface area contributed by atoms with E-state index < -0.39 is 12.1 Å². The molecule has 18 heteroatoms. The molecule has 0 unspecified atom stereocenters. The number of amides is 3. The van der Waals surface area contributed by atoms with Crippen LogP contribution < -0.4 is 21.3 Å². The fourth-order valence-electron chi connectivity index (χ4n) is 7.21. The van der Waals surface area contributed by atoms with Crippen molar-refractivity contribution in [3.8, 4) is 22.8 Å². The predicted octanol–water partition coefficient (Wildman–Crippen LogP) is 4.57. The number of alkyl carbamates (subject to hydrolysis) is 1. The Kier molecular flexibility index (Phi) is 17.7. The maximum absolute atomic E-state index is 13.9. The highest BCUT2D eigenvalue weighted by atomic mass is 16.5. The van der Waals surface area contributed by atoms with Crippen LogP contribution in [0, 0.1) is 5.92 Å². The van der Waals surface area contributed by atoms with Crippen molar-refractivity contribution in [1.82, 2.24) is 56.1 Å². The summed E-state index contributed by atoms with van der Waals surface area (Å²) < 4.78 is 8.67. The second kappa shape index (κ2) is 24.0. The molecule has 2 aromatic carbocycles. The fourth-order valence-corrected chi connectivity index (χ4v) is 7.21. The highest BCUT2D eigenvalue weighted by Gasteiger charge is 2.37. The summed E-state index contributed by atoms with van der Waals surface area (Å²) in [6.45, 7) is 5.75. The normalized spacial score (nSPS) is 14.9. The molecule has 0 spiro atoms. The Morgan fingerprint density at radius 3 is 2.18 bits per heavy atom. The molecule has 1 saturated heterocycles. The van der Waals surface area contributed by atoms with Gasteiger partial charge in [0, 0.05) is 25.7 Å². The molecule has 5 N–H and O–H groups in total. The van der Waals surface area contributed by atoms with E-state index in [0.29, 0.717) is 78.1 Å². The Balaban J connectivity index is 0.00000174. The minimum atomic E-state index is -0.909. The molecule has 4 atom stereocenters. The zero-order chi connectivity index (χ0) is 44.1. The minimum Gasteiger partial charge on any atom is -0.471 e. The third-order valence-corrected chi connectivity index (χ3v) is 10.2. The Morgan fingerprint density at radius 1 is 0.919 bits per heavy atom. The largest absolute Gasteiger partial charge is 0.471 e. The van der Waals surface area contributed by atoms with E-state index in [9.17, 15) is 14.4 Å². The molecule has 0 radical (unpaired) electrons. The van der Waals surface area contributed by atoms with E-state index in [1.165, 1.54) is 19.8 Å². The minimum absolute atomic E-state index is 0.0716. The Bertz CT molecular complexity index is 2210. The van der Waals surface area contributed by atoms with Gasteiger partial charge in [-0.05, 0) is 56.5 Å². The molecule has 0 saturated carbocycles. The number of imidazole rings is 1. The maximum atomic E-state index is 13.9. The molecule has 3 aromatic heterocycles. The van der Waals surface area contributed by atoms with E-state index in [0.717, 1.165) is 25.7 Å². The number of aromatic amines is 1. The van der Waals surface area contributed by atoms with E-state index in [2.05, 4.69) is 79.8 Å². The molecule has 1 aliphatic rings. The van der Waals surface area contributed by atoms with Crippen molar-refractivity contribution in [2.75, 3.05) is 40.9 Å². The predicted molar refractivity (Wildman–Crippen MR) is 233 cm³/mol. The molecular formula is C44H52N12O6. The van der Waals surface area contributed by atoms with Crippen molar-refractivity contribution in [3.05, 3.63) is 120 Å². The van der Waals surface area contributed by atoms with Crippen LogP contribution in [0.25, 0.3) is 28.5 Å². The van der Waals surface area contributed by atoms with E-state index >= 15 is 0 Å². The van der Waals surface area contributed by atoms with Crippen LogP contribution in [0.3, 0.4) is 0 Å². The van der Waals surface area contributed by atoms with Gasteiger partial charge < -0.3 is 40.6 Å². The van der Waals surface area contributed by atoms with Crippen molar-refractivity contribution < 1.29 is 28.7 Å². The van der Waals surface area contributed by atoms with Crippen LogP contribution in [-0.2, 0) is 23.9 Å². The lowest BCUT2D eigenvalue weighted by Crippen LogP contribution is -2.42. The summed E-state index contributed by atoms with van der Waals surface area (Å²) in [5, 5.41) is 12.4. The van der Waals surface area contributed by atoms with Crippen LogP contribution >= 0.6 is 0 Å². The molecule has 4 heterocycles. The number of ether oxygens (including phenoxy) is 2. The number of carbonyl (C=O) groups excluding carboxylic acids is 4. The van der Waals surface area contributed by atoms with Crippen molar-refractivity contribution in [2.24, 2.45) is 10.9 Å². The molecule has 0 aliphatic carbocycles. The maximum Gasteiger partial charge on any atom is 0.407 e. The Hall–Kier alpha value is -7.34. The van der Waals surface area contributed by atoms with Crippen LogP contribution in [-0.4, -0.2) is 107 Å². The first-order chi connectivity index (χ1) is 30.3. The van der Waals surface area contributed by atoms with Crippen LogP contribution in [0.5, 0.6) is 0 Å². The highest BCUT2D eigenvalue weighted by molar-refractivity contribution is 5.87. The fraction of sp³-hybridized carbons (Fsp3) is 0.318. The van der Waals surface area contributed by atoms with Gasteiger partial charge in [-0.15, -0.1) is 0 Å². The van der Waals surface area contributed by atoms with Gasteiger partial charge in [-0.25, -0.2) is 9.78 Å². The van der Waals surface area contributed by atoms with Gasteiger partial charge in [-0.1, -0.05) is 60.7 Å². The number of carbonyl (C=O) groups is 4. The lowest BCUT2D eigenvalue weighted by molar-refractivity contribution is -0.134. The van der Waals surface area contributed by atoms with Crippen molar-refractivity contribution in [2.45, 2.75) is 43.8 Å². The van der Waals surface area contributed by atoms with Gasteiger partial charge in [0.1, 0.15) is 34.6 Å². The highest BCUT2D eigenvalue weighted by Crippen LogP contribution is 2.34. The molecular weight excluding hydrogens is 793 g/mol. The number of nitrogens with one attached hydrogen (secondary N) is 5. The van der Waals surface area contributed by atoms with Crippen molar-refractivity contribution in [3.63, 3.8) is 0 Å². The van der Waals surface area contributed by atoms with Crippen LogP contribution in [0.2, 0.25) is 0 Å². The van der Waals surface area contributed by atoms with Gasteiger partial charge in [0.05, 0.1) is 68.8 Å². The zero-order valence-corrected chi connectivity index (χ0v) is 34.9. The summed E-state index contributed by atoms with van der Waals surface area (Å²) in [7, 11) is 4.53. The molecule has 18 nitrogen and oxygen atoms in total. The lowest BCUT2D eigenvalue weighted by atomic mass is 9.89. The average Bonchev–Trinajstić information content (AvgIpc) is 4.03. The first-order valence-corrected chi connectivity index (χ1v) is 20.0. The molecule has 1 fully saturated rings. The van der Waals surface area contributed by atoms with Gasteiger partial charge >= 0.3 is 6.09 Å². The number of aliphatic imine (C=N–C) groups is 1. The lowest BCUT2D eigenvalue weighted by Gasteiger charge is -2.28.